The number of imidazole rings is 1. The second-order valence-electron chi connectivity index (χ2n) is 3.14. The van der Waals surface area contributed by atoms with Gasteiger partial charge in [-0.25, -0.2) is 9.78 Å². The Balaban J connectivity index is 2.77. The topological polar surface area (TPSA) is 88.0 Å². The molecule has 0 bridgehead atoms. The maximum atomic E-state index is 11.4. The summed E-state index contributed by atoms with van der Waals surface area (Å²) in [5, 5.41) is 0. The summed E-state index contributed by atoms with van der Waals surface area (Å²) in [5.74, 6) is 0.305. The molecule has 2 N–H and O–H groups in total. The van der Waals surface area contributed by atoms with Crippen molar-refractivity contribution in [1.82, 2.24) is 19.1 Å². The Morgan fingerprint density at radius 3 is 3.00 bits per heavy atom. The van der Waals surface area contributed by atoms with E-state index in [2.05, 4.69) is 9.97 Å². The van der Waals surface area contributed by atoms with E-state index in [0.29, 0.717) is 17.0 Å². The smallest absolute Gasteiger partial charge is 0.350 e. The van der Waals surface area contributed by atoms with Gasteiger partial charge in [0.2, 0.25) is 0 Å². The molecule has 0 aliphatic carbocycles. The van der Waals surface area contributed by atoms with Gasteiger partial charge in [0.15, 0.2) is 5.65 Å². The zero-order valence-corrected chi connectivity index (χ0v) is 8.47. The van der Waals surface area contributed by atoms with Crippen LogP contribution in [0.25, 0.3) is 11.2 Å². The molecule has 0 atom stereocenters. The van der Waals surface area contributed by atoms with E-state index in [1.54, 1.807) is 18.7 Å². The normalized spacial score (nSPS) is 11.1. The number of nitrogens with zero attached hydrogens (tertiary/aromatic N) is 4. The average molecular weight is 209 g/mol. The number of ether oxygens (including phenoxy) is 1. The van der Waals surface area contributed by atoms with Gasteiger partial charge in [-0.05, 0) is 0 Å². The standard InChI is InChI=1S/C8H11N5O2/c1-12-6(9)5-7(11-8(12)14)13(3-10-5)4-15-2/h3H,4,9H2,1-2H3. The molecule has 2 heterocycles. The van der Waals surface area contributed by atoms with Crippen molar-refractivity contribution < 1.29 is 4.74 Å². The highest BCUT2D eigenvalue weighted by Gasteiger charge is 2.10. The van der Waals surface area contributed by atoms with Crippen LogP contribution >= 0.6 is 0 Å². The van der Waals surface area contributed by atoms with E-state index >= 15 is 0 Å². The molecule has 0 fully saturated rings. The van der Waals surface area contributed by atoms with Crippen molar-refractivity contribution in [1.29, 1.82) is 0 Å². The van der Waals surface area contributed by atoms with E-state index in [9.17, 15) is 4.79 Å². The quantitative estimate of drug-likeness (QED) is 0.707. The Labute approximate surface area is 85.1 Å². The number of methoxy groups -OCH3 is 1. The number of hydrogen-bond donors (Lipinski definition) is 1. The van der Waals surface area contributed by atoms with Crippen LogP contribution in [0.5, 0.6) is 0 Å². The molecule has 2 rings (SSSR count). The Bertz CT molecular complexity index is 556. The first-order valence-corrected chi connectivity index (χ1v) is 4.31. The average Bonchev–Trinajstić information content (AvgIpc) is 2.59. The number of anilines is 1. The number of aromatic nitrogens is 4. The molecular weight excluding hydrogens is 198 g/mol. The minimum absolute atomic E-state index is 0.288. The van der Waals surface area contributed by atoms with Crippen LogP contribution in [-0.4, -0.2) is 26.2 Å². The maximum Gasteiger partial charge on any atom is 0.350 e. The Morgan fingerprint density at radius 2 is 2.33 bits per heavy atom. The minimum Gasteiger partial charge on any atom is -0.383 e. The Morgan fingerprint density at radius 1 is 1.60 bits per heavy atom. The summed E-state index contributed by atoms with van der Waals surface area (Å²) >= 11 is 0. The fourth-order valence-corrected chi connectivity index (χ4v) is 1.33. The number of hydrogen-bond acceptors (Lipinski definition) is 5. The minimum atomic E-state index is -0.405. The van der Waals surface area contributed by atoms with Crippen molar-refractivity contribution in [3.63, 3.8) is 0 Å². The summed E-state index contributed by atoms with van der Waals surface area (Å²) in [6.45, 7) is 0.288. The van der Waals surface area contributed by atoms with Crippen LogP contribution in [0.2, 0.25) is 0 Å². The molecule has 0 aliphatic heterocycles. The third-order valence-corrected chi connectivity index (χ3v) is 2.17. The lowest BCUT2D eigenvalue weighted by molar-refractivity contribution is 0.134. The summed E-state index contributed by atoms with van der Waals surface area (Å²) in [6, 6.07) is 0. The number of nitrogens with two attached hydrogens (primary N) is 1. The molecule has 7 heteroatoms. The third kappa shape index (κ3) is 1.37. The highest BCUT2D eigenvalue weighted by molar-refractivity contribution is 5.81. The molecule has 0 unspecified atom stereocenters. The van der Waals surface area contributed by atoms with Crippen molar-refractivity contribution >= 4 is 17.0 Å². The van der Waals surface area contributed by atoms with Crippen LogP contribution in [0.15, 0.2) is 11.1 Å². The van der Waals surface area contributed by atoms with E-state index in [4.69, 9.17) is 10.5 Å². The lowest BCUT2D eigenvalue weighted by atomic mass is 10.5. The Kier molecular flexibility index (Phi) is 2.16. The molecule has 0 spiro atoms. The van der Waals surface area contributed by atoms with Crippen molar-refractivity contribution in [2.24, 2.45) is 7.05 Å². The largest absolute Gasteiger partial charge is 0.383 e. The van der Waals surface area contributed by atoms with E-state index in [1.807, 2.05) is 0 Å². The summed E-state index contributed by atoms with van der Waals surface area (Å²) in [7, 11) is 3.11. The zero-order chi connectivity index (χ0) is 11.0. The number of rotatable bonds is 2. The van der Waals surface area contributed by atoms with Gasteiger partial charge in [0.1, 0.15) is 18.1 Å². The van der Waals surface area contributed by atoms with E-state index in [1.165, 1.54) is 10.9 Å². The van der Waals surface area contributed by atoms with Crippen LogP contribution in [0.4, 0.5) is 5.82 Å². The summed E-state index contributed by atoms with van der Waals surface area (Å²) in [6.07, 6.45) is 1.54. The lowest BCUT2D eigenvalue weighted by Crippen LogP contribution is -2.23. The molecule has 80 valence electrons. The van der Waals surface area contributed by atoms with Gasteiger partial charge >= 0.3 is 5.69 Å². The first kappa shape index (κ1) is 9.66. The second kappa shape index (κ2) is 3.35. The molecule has 7 nitrogen and oxygen atoms in total. The van der Waals surface area contributed by atoms with Crippen molar-refractivity contribution in [2.45, 2.75) is 6.73 Å². The van der Waals surface area contributed by atoms with Crippen LogP contribution in [0.3, 0.4) is 0 Å². The highest BCUT2D eigenvalue weighted by Crippen LogP contribution is 2.13. The van der Waals surface area contributed by atoms with Crippen molar-refractivity contribution in [3.05, 3.63) is 16.8 Å². The molecule has 0 radical (unpaired) electrons. The predicted octanol–water partition coefficient (Wildman–Crippen LogP) is -0.684. The molecule has 0 aliphatic rings. The monoisotopic (exact) mass is 209 g/mol. The molecule has 2 aromatic heterocycles. The maximum absolute atomic E-state index is 11.4. The zero-order valence-electron chi connectivity index (χ0n) is 8.47. The fraction of sp³-hybridized carbons (Fsp3) is 0.375. The third-order valence-electron chi connectivity index (χ3n) is 2.17. The first-order chi connectivity index (χ1) is 7.15. The molecule has 0 aromatic carbocycles. The van der Waals surface area contributed by atoms with Gasteiger partial charge in [0.05, 0.1) is 6.33 Å². The molecule has 0 saturated carbocycles. The van der Waals surface area contributed by atoms with Gasteiger partial charge in [-0.2, -0.15) is 4.98 Å². The van der Waals surface area contributed by atoms with Gasteiger partial charge in [-0.3, -0.25) is 9.13 Å². The lowest BCUT2D eigenvalue weighted by Gasteiger charge is -2.04. The van der Waals surface area contributed by atoms with Gasteiger partial charge in [-0.15, -0.1) is 0 Å². The summed E-state index contributed by atoms with van der Waals surface area (Å²) in [5.41, 5.74) is 6.28. The predicted molar refractivity (Wildman–Crippen MR) is 54.2 cm³/mol. The van der Waals surface area contributed by atoms with Crippen LogP contribution in [-0.2, 0) is 18.5 Å². The van der Waals surface area contributed by atoms with Crippen LogP contribution < -0.4 is 11.4 Å². The van der Waals surface area contributed by atoms with E-state index in [0.717, 1.165) is 0 Å². The van der Waals surface area contributed by atoms with Gasteiger partial charge < -0.3 is 10.5 Å². The van der Waals surface area contributed by atoms with Crippen LogP contribution in [0.1, 0.15) is 0 Å². The Hall–Kier alpha value is -1.89. The van der Waals surface area contributed by atoms with Crippen molar-refractivity contribution in [2.75, 3.05) is 12.8 Å². The molecule has 15 heavy (non-hydrogen) atoms. The SMILES string of the molecule is COCn1cnc2c(N)n(C)c(=O)nc21. The summed E-state index contributed by atoms with van der Waals surface area (Å²) in [4.78, 5) is 19.3. The molecule has 0 amide bonds. The van der Waals surface area contributed by atoms with Gasteiger partial charge in [-0.1, -0.05) is 0 Å². The van der Waals surface area contributed by atoms with E-state index in [-0.39, 0.29) is 6.73 Å². The second-order valence-corrected chi connectivity index (χ2v) is 3.14. The van der Waals surface area contributed by atoms with Gasteiger partial charge in [0.25, 0.3) is 0 Å². The highest BCUT2D eigenvalue weighted by atomic mass is 16.5. The summed E-state index contributed by atoms with van der Waals surface area (Å²) < 4.78 is 7.81. The van der Waals surface area contributed by atoms with E-state index < -0.39 is 5.69 Å². The van der Waals surface area contributed by atoms with Gasteiger partial charge in [0, 0.05) is 14.2 Å². The number of fused-ring (bicyclic) bond motifs is 1. The number of nitrogen functional groups attached to an aromatic ring is 1. The fourth-order valence-electron chi connectivity index (χ4n) is 1.33. The van der Waals surface area contributed by atoms with Crippen LogP contribution in [0, 0.1) is 0 Å². The molecule has 2 aromatic rings. The molecule has 0 saturated heterocycles. The molecular formula is C8H11N5O2. The first-order valence-electron chi connectivity index (χ1n) is 4.31. The van der Waals surface area contributed by atoms with Crippen molar-refractivity contribution in [3.8, 4) is 0 Å².